The molecule has 3 N–H and O–H groups in total. The van der Waals surface area contributed by atoms with E-state index < -0.39 is 59.8 Å². The minimum atomic E-state index is -4.63. The van der Waals surface area contributed by atoms with Gasteiger partial charge >= 0.3 is 18.1 Å². The van der Waals surface area contributed by atoms with Gasteiger partial charge in [0.1, 0.15) is 6.04 Å². The summed E-state index contributed by atoms with van der Waals surface area (Å²) in [4.78, 5) is 52.6. The van der Waals surface area contributed by atoms with Crippen LogP contribution in [0.2, 0.25) is 0 Å². The van der Waals surface area contributed by atoms with Crippen LogP contribution < -0.4 is 5.32 Å². The predicted molar refractivity (Wildman–Crippen MR) is 164 cm³/mol. The molecule has 1 saturated carbocycles. The fraction of sp³-hybridized carbons (Fsp3) is 0.371. The fourth-order valence-corrected chi connectivity index (χ4v) is 6.07. The van der Waals surface area contributed by atoms with Crippen molar-refractivity contribution < 1.29 is 42.6 Å². The van der Waals surface area contributed by atoms with E-state index in [0.717, 1.165) is 35.4 Å². The maximum absolute atomic E-state index is 14.2. The predicted octanol–water partition coefficient (Wildman–Crippen LogP) is 6.28. The zero-order valence-electron chi connectivity index (χ0n) is 25.2. The van der Waals surface area contributed by atoms with E-state index in [9.17, 15) is 42.6 Å². The first kappa shape index (κ1) is 34.2. The SMILES string of the molecule is O=C(O)CCN(CCC(c1ccccc1)c1ccccc1)C(=O)[C@@H](NC(=O)C1CCCC[C@H]1C(=O)O)c1ccc(C(F)(F)F)cc1. The van der Waals surface area contributed by atoms with Gasteiger partial charge in [-0.25, -0.2) is 0 Å². The molecule has 11 heteroatoms. The summed E-state index contributed by atoms with van der Waals surface area (Å²) in [5.74, 6) is -5.72. The molecule has 0 spiro atoms. The van der Waals surface area contributed by atoms with Gasteiger partial charge in [-0.2, -0.15) is 13.2 Å². The summed E-state index contributed by atoms with van der Waals surface area (Å²) >= 11 is 0. The average Bonchev–Trinajstić information content (AvgIpc) is 3.05. The number of nitrogens with one attached hydrogen (secondary N) is 1. The van der Waals surface area contributed by atoms with E-state index in [1.54, 1.807) is 0 Å². The monoisotopic (exact) mass is 638 g/mol. The number of carbonyl (C=O) groups is 4. The lowest BCUT2D eigenvalue weighted by Gasteiger charge is -2.32. The second kappa shape index (κ2) is 15.6. The highest BCUT2D eigenvalue weighted by molar-refractivity contribution is 5.91. The summed E-state index contributed by atoms with van der Waals surface area (Å²) in [6.45, 7) is -0.132. The van der Waals surface area contributed by atoms with Gasteiger partial charge in [0.2, 0.25) is 11.8 Å². The minimum Gasteiger partial charge on any atom is -0.481 e. The molecule has 0 bridgehead atoms. The second-order valence-electron chi connectivity index (χ2n) is 11.5. The first-order valence-corrected chi connectivity index (χ1v) is 15.3. The third-order valence-electron chi connectivity index (χ3n) is 8.52. The van der Waals surface area contributed by atoms with Crippen molar-refractivity contribution >= 4 is 23.8 Å². The van der Waals surface area contributed by atoms with E-state index in [2.05, 4.69) is 5.32 Å². The summed E-state index contributed by atoms with van der Waals surface area (Å²) in [5, 5.41) is 21.8. The topological polar surface area (TPSA) is 124 Å². The molecular formula is C35H37F3N2O6. The Hall–Kier alpha value is -4.67. The van der Waals surface area contributed by atoms with Crippen LogP contribution in [0.15, 0.2) is 84.9 Å². The Morgan fingerprint density at radius 3 is 1.80 bits per heavy atom. The Labute approximate surface area is 265 Å². The van der Waals surface area contributed by atoms with E-state index >= 15 is 0 Å². The molecule has 3 atom stereocenters. The Kier molecular flexibility index (Phi) is 11.6. The zero-order chi connectivity index (χ0) is 33.3. The highest BCUT2D eigenvalue weighted by atomic mass is 19.4. The molecule has 8 nitrogen and oxygen atoms in total. The number of amides is 2. The van der Waals surface area contributed by atoms with Crippen LogP contribution >= 0.6 is 0 Å². The lowest BCUT2D eigenvalue weighted by molar-refractivity contribution is -0.149. The summed E-state index contributed by atoms with van der Waals surface area (Å²) < 4.78 is 40.1. The number of hydrogen-bond donors (Lipinski definition) is 3. The van der Waals surface area contributed by atoms with Crippen molar-refractivity contribution in [3.05, 3.63) is 107 Å². The third kappa shape index (κ3) is 8.95. The molecule has 46 heavy (non-hydrogen) atoms. The summed E-state index contributed by atoms with van der Waals surface area (Å²) in [7, 11) is 0. The van der Waals surface area contributed by atoms with Crippen LogP contribution in [0, 0.1) is 11.8 Å². The van der Waals surface area contributed by atoms with Gasteiger partial charge in [0.15, 0.2) is 0 Å². The maximum Gasteiger partial charge on any atom is 0.416 e. The van der Waals surface area contributed by atoms with Crippen LogP contribution in [-0.2, 0) is 25.4 Å². The first-order chi connectivity index (χ1) is 22.0. The first-order valence-electron chi connectivity index (χ1n) is 15.3. The Bertz CT molecular complexity index is 1440. The molecule has 0 aliphatic heterocycles. The number of hydrogen-bond acceptors (Lipinski definition) is 4. The van der Waals surface area contributed by atoms with Crippen LogP contribution in [0.25, 0.3) is 0 Å². The van der Waals surface area contributed by atoms with Crippen LogP contribution in [0.5, 0.6) is 0 Å². The fourth-order valence-electron chi connectivity index (χ4n) is 6.07. The summed E-state index contributed by atoms with van der Waals surface area (Å²) in [6, 6.07) is 21.5. The molecule has 0 heterocycles. The quantitative estimate of drug-likeness (QED) is 0.203. The molecule has 4 rings (SSSR count). The molecule has 244 valence electrons. The van der Waals surface area contributed by atoms with Crippen molar-refractivity contribution in [3.8, 4) is 0 Å². The summed E-state index contributed by atoms with van der Waals surface area (Å²) in [5.41, 5.74) is 1.08. The molecule has 3 aromatic carbocycles. The second-order valence-corrected chi connectivity index (χ2v) is 11.5. The van der Waals surface area contributed by atoms with E-state index in [4.69, 9.17) is 0 Å². The largest absolute Gasteiger partial charge is 0.481 e. The molecule has 3 aromatic rings. The lowest BCUT2D eigenvalue weighted by atomic mass is 9.78. The van der Waals surface area contributed by atoms with Crippen molar-refractivity contribution in [3.63, 3.8) is 0 Å². The van der Waals surface area contributed by atoms with Crippen LogP contribution in [0.3, 0.4) is 0 Å². The Balaban J connectivity index is 1.67. The van der Waals surface area contributed by atoms with Crippen molar-refractivity contribution in [2.75, 3.05) is 13.1 Å². The number of halogens is 3. The van der Waals surface area contributed by atoms with E-state index in [0.29, 0.717) is 19.3 Å². The molecule has 1 aliphatic rings. The highest BCUT2D eigenvalue weighted by Crippen LogP contribution is 2.34. The van der Waals surface area contributed by atoms with Crippen LogP contribution in [0.1, 0.15) is 72.7 Å². The van der Waals surface area contributed by atoms with Gasteiger partial charge in [-0.1, -0.05) is 85.6 Å². The number of benzene rings is 3. The smallest absolute Gasteiger partial charge is 0.416 e. The van der Waals surface area contributed by atoms with Gasteiger partial charge in [0.25, 0.3) is 0 Å². The number of nitrogens with zero attached hydrogens (tertiary/aromatic N) is 1. The van der Waals surface area contributed by atoms with Gasteiger partial charge in [-0.3, -0.25) is 19.2 Å². The average molecular weight is 639 g/mol. The number of alkyl halides is 3. The molecule has 0 radical (unpaired) electrons. The normalized spacial score (nSPS) is 17.2. The standard InChI is InChI=1S/C35H37F3N2O6/c36-35(37,38)26-17-15-25(16-18-26)31(39-32(43)28-13-7-8-14-29(28)34(45)46)33(44)40(22-20-30(41)42)21-19-27(23-9-3-1-4-10-23)24-11-5-2-6-12-24/h1-6,9-12,15-18,27-29,31H,7-8,13-14,19-22H2,(H,39,43)(H,41,42)(H,45,46)/t28?,29-,31+/m1/s1. The molecule has 0 saturated heterocycles. The Morgan fingerprint density at radius 2 is 1.30 bits per heavy atom. The number of aliphatic carboxylic acids is 2. The van der Waals surface area contributed by atoms with Crippen molar-refractivity contribution in [1.82, 2.24) is 10.2 Å². The summed E-state index contributed by atoms with van der Waals surface area (Å²) in [6.07, 6.45) is -2.82. The third-order valence-corrected chi connectivity index (χ3v) is 8.52. The number of carboxylic acid groups (broad SMARTS) is 2. The number of carbonyl (C=O) groups excluding carboxylic acids is 2. The van der Waals surface area contributed by atoms with E-state index in [1.165, 1.54) is 4.90 Å². The minimum absolute atomic E-state index is 0.0667. The van der Waals surface area contributed by atoms with Gasteiger partial charge in [0.05, 0.1) is 23.8 Å². The molecule has 0 aromatic heterocycles. The molecule has 1 aliphatic carbocycles. The molecule has 1 unspecified atom stereocenters. The zero-order valence-corrected chi connectivity index (χ0v) is 25.2. The number of rotatable bonds is 13. The van der Waals surface area contributed by atoms with Gasteiger partial charge in [0, 0.05) is 19.0 Å². The van der Waals surface area contributed by atoms with Crippen molar-refractivity contribution in [1.29, 1.82) is 0 Å². The van der Waals surface area contributed by atoms with Crippen molar-refractivity contribution in [2.24, 2.45) is 11.8 Å². The lowest BCUT2D eigenvalue weighted by Crippen LogP contribution is -2.47. The molecule has 1 fully saturated rings. The number of carboxylic acids is 2. The van der Waals surface area contributed by atoms with E-state index in [-0.39, 0.29) is 37.4 Å². The molecular weight excluding hydrogens is 601 g/mol. The van der Waals surface area contributed by atoms with Gasteiger partial charge in [-0.15, -0.1) is 0 Å². The Morgan fingerprint density at radius 1 is 0.761 bits per heavy atom. The molecule has 2 amide bonds. The van der Waals surface area contributed by atoms with Gasteiger partial charge < -0.3 is 20.4 Å². The van der Waals surface area contributed by atoms with Crippen molar-refractivity contribution in [2.45, 2.75) is 56.7 Å². The highest BCUT2D eigenvalue weighted by Gasteiger charge is 2.39. The maximum atomic E-state index is 14.2. The van der Waals surface area contributed by atoms with Gasteiger partial charge in [-0.05, 0) is 48.1 Å². The van der Waals surface area contributed by atoms with Crippen LogP contribution in [0.4, 0.5) is 13.2 Å². The van der Waals surface area contributed by atoms with E-state index in [1.807, 2.05) is 60.7 Å². The van der Waals surface area contributed by atoms with Crippen LogP contribution in [-0.4, -0.2) is 52.0 Å².